The zero-order valence-electron chi connectivity index (χ0n) is 20.1. The van der Waals surface area contributed by atoms with Gasteiger partial charge < -0.3 is 18.9 Å². The smallest absolute Gasteiger partial charge is 0.335 e. The number of aromatic nitrogens is 3. The average molecular weight is 536 g/mol. The number of hydrogen-bond acceptors (Lipinski definition) is 5. The van der Waals surface area contributed by atoms with Crippen LogP contribution < -0.4 is 4.74 Å². The molecule has 0 saturated heterocycles. The number of aromatic carboxylic acids is 1. The highest BCUT2D eigenvalue weighted by Crippen LogP contribution is 2.39. The van der Waals surface area contributed by atoms with Gasteiger partial charge in [0.15, 0.2) is 0 Å². The lowest BCUT2D eigenvalue weighted by Crippen LogP contribution is -2.02. The lowest BCUT2D eigenvalue weighted by atomic mass is 10.0. The summed E-state index contributed by atoms with van der Waals surface area (Å²) < 4.78 is 13.8. The fraction of sp³-hybridized carbons (Fsp3) is 0.179. The minimum atomic E-state index is -0.951. The quantitative estimate of drug-likeness (QED) is 0.222. The monoisotopic (exact) mass is 535 g/mol. The van der Waals surface area contributed by atoms with Gasteiger partial charge in [0.1, 0.15) is 23.8 Å². The first kappa shape index (κ1) is 24.9. The normalized spacial score (nSPS) is 11.4. The molecule has 5 rings (SSSR count). The maximum absolute atomic E-state index is 11.3. The Morgan fingerprint density at radius 1 is 1.08 bits per heavy atom. The van der Waals surface area contributed by atoms with E-state index < -0.39 is 5.97 Å². The molecule has 9 heteroatoms. The van der Waals surface area contributed by atoms with E-state index in [1.165, 1.54) is 0 Å². The Kier molecular flexibility index (Phi) is 6.91. The van der Waals surface area contributed by atoms with Crippen LogP contribution in [-0.4, -0.2) is 25.8 Å². The Morgan fingerprint density at radius 3 is 2.57 bits per heavy atom. The van der Waals surface area contributed by atoms with Gasteiger partial charge >= 0.3 is 5.97 Å². The summed E-state index contributed by atoms with van der Waals surface area (Å²) in [6.45, 7) is 4.75. The molecule has 5 aromatic rings. The van der Waals surface area contributed by atoms with Crippen LogP contribution in [0.1, 0.15) is 47.0 Å². The fourth-order valence-electron chi connectivity index (χ4n) is 4.25. The molecule has 1 N–H and O–H groups in total. The van der Waals surface area contributed by atoms with Gasteiger partial charge in [-0.1, -0.05) is 60.4 Å². The lowest BCUT2D eigenvalue weighted by molar-refractivity contribution is 0.0696. The van der Waals surface area contributed by atoms with Crippen LogP contribution >= 0.6 is 23.2 Å². The van der Waals surface area contributed by atoms with Crippen molar-refractivity contribution in [3.63, 3.8) is 0 Å². The molecule has 0 saturated carbocycles. The second kappa shape index (κ2) is 10.3. The van der Waals surface area contributed by atoms with E-state index in [1.54, 1.807) is 42.7 Å². The first-order valence-electron chi connectivity index (χ1n) is 11.6. The van der Waals surface area contributed by atoms with Crippen molar-refractivity contribution in [2.75, 3.05) is 0 Å². The summed E-state index contributed by atoms with van der Waals surface area (Å²) in [7, 11) is 0. The van der Waals surface area contributed by atoms with Crippen LogP contribution in [-0.2, 0) is 13.2 Å². The molecule has 0 radical (unpaired) electrons. The van der Waals surface area contributed by atoms with E-state index in [-0.39, 0.29) is 18.1 Å². The molecule has 7 nitrogen and oxygen atoms in total. The highest BCUT2D eigenvalue weighted by molar-refractivity contribution is 6.39. The minimum Gasteiger partial charge on any atom is -0.489 e. The zero-order chi connectivity index (χ0) is 26.1. The van der Waals surface area contributed by atoms with Crippen LogP contribution in [0.4, 0.5) is 0 Å². The van der Waals surface area contributed by atoms with Crippen molar-refractivity contribution in [2.45, 2.75) is 32.9 Å². The minimum absolute atomic E-state index is 0.0823. The van der Waals surface area contributed by atoms with Crippen molar-refractivity contribution in [3.8, 4) is 17.0 Å². The molecule has 188 valence electrons. The van der Waals surface area contributed by atoms with Crippen LogP contribution in [0.5, 0.6) is 5.75 Å². The number of rotatable bonds is 8. The summed E-state index contributed by atoms with van der Waals surface area (Å²) in [5, 5.41) is 14.5. The number of benzene rings is 3. The Morgan fingerprint density at radius 2 is 1.84 bits per heavy atom. The number of hydrogen-bond donors (Lipinski definition) is 1. The Balaban J connectivity index is 1.40. The number of carboxylic acids is 1. The first-order valence-corrected chi connectivity index (χ1v) is 12.4. The Bertz CT molecular complexity index is 1590. The molecular weight excluding hydrogens is 513 g/mol. The third-order valence-corrected chi connectivity index (χ3v) is 6.67. The Labute approximate surface area is 223 Å². The molecule has 2 heterocycles. The topological polar surface area (TPSA) is 90.4 Å². The number of ether oxygens (including phenoxy) is 1. The second-order valence-electron chi connectivity index (χ2n) is 8.94. The molecule has 3 aromatic carbocycles. The van der Waals surface area contributed by atoms with Gasteiger partial charge in [-0.2, -0.15) is 0 Å². The number of imidazole rings is 1. The van der Waals surface area contributed by atoms with Crippen molar-refractivity contribution in [2.24, 2.45) is 0 Å². The van der Waals surface area contributed by atoms with E-state index >= 15 is 0 Å². The van der Waals surface area contributed by atoms with Crippen molar-refractivity contribution < 1.29 is 19.2 Å². The van der Waals surface area contributed by atoms with Crippen LogP contribution in [0, 0.1) is 0 Å². The van der Waals surface area contributed by atoms with E-state index in [1.807, 2.05) is 42.7 Å². The summed E-state index contributed by atoms with van der Waals surface area (Å²) in [5.74, 6) is 0.476. The third-order valence-electron chi connectivity index (χ3n) is 6.05. The maximum Gasteiger partial charge on any atom is 0.335 e. The molecule has 0 aliphatic heterocycles. The second-order valence-corrected chi connectivity index (χ2v) is 9.76. The SMILES string of the molecule is CC(C)c1onc(-c2c(Cl)cccc2Cl)c1COc1ccc2c(c1)ncn2Cc1cccc(C(=O)O)c1. The molecule has 0 amide bonds. The summed E-state index contributed by atoms with van der Waals surface area (Å²) in [6.07, 6.45) is 1.73. The van der Waals surface area contributed by atoms with Crippen molar-refractivity contribution in [1.82, 2.24) is 14.7 Å². The van der Waals surface area contributed by atoms with E-state index in [4.69, 9.17) is 32.5 Å². The molecule has 0 aliphatic rings. The van der Waals surface area contributed by atoms with Crippen LogP contribution in [0.25, 0.3) is 22.3 Å². The molecule has 0 fully saturated rings. The van der Waals surface area contributed by atoms with Gasteiger partial charge in [0.05, 0.1) is 38.5 Å². The predicted molar refractivity (Wildman–Crippen MR) is 143 cm³/mol. The van der Waals surface area contributed by atoms with Crippen molar-refractivity contribution >= 4 is 40.2 Å². The lowest BCUT2D eigenvalue weighted by Gasteiger charge is -2.11. The zero-order valence-corrected chi connectivity index (χ0v) is 21.6. The first-order chi connectivity index (χ1) is 17.8. The maximum atomic E-state index is 11.3. The van der Waals surface area contributed by atoms with Crippen LogP contribution in [0.2, 0.25) is 10.0 Å². The number of halogens is 2. The van der Waals surface area contributed by atoms with Gasteiger partial charge in [0.25, 0.3) is 0 Å². The van der Waals surface area contributed by atoms with Gasteiger partial charge in [-0.15, -0.1) is 0 Å². The summed E-state index contributed by atoms with van der Waals surface area (Å²) >= 11 is 12.9. The van der Waals surface area contributed by atoms with E-state index in [9.17, 15) is 9.90 Å². The molecular formula is C28H23Cl2N3O4. The van der Waals surface area contributed by atoms with Crippen molar-refractivity contribution in [3.05, 3.63) is 99.5 Å². The molecule has 0 aliphatic carbocycles. The van der Waals surface area contributed by atoms with Crippen molar-refractivity contribution in [1.29, 1.82) is 0 Å². The summed E-state index contributed by atoms with van der Waals surface area (Å²) in [6, 6.07) is 17.9. The third kappa shape index (κ3) is 5.05. The van der Waals surface area contributed by atoms with Gasteiger partial charge in [-0.05, 0) is 42.0 Å². The molecule has 37 heavy (non-hydrogen) atoms. The van der Waals surface area contributed by atoms with E-state index in [2.05, 4.69) is 10.1 Å². The Hall–Kier alpha value is -3.81. The van der Waals surface area contributed by atoms with E-state index in [0.29, 0.717) is 39.4 Å². The average Bonchev–Trinajstić information content (AvgIpc) is 3.47. The number of carboxylic acid groups (broad SMARTS) is 1. The highest BCUT2D eigenvalue weighted by atomic mass is 35.5. The van der Waals surface area contributed by atoms with E-state index in [0.717, 1.165) is 22.2 Å². The number of nitrogens with zero attached hydrogens (tertiary/aromatic N) is 3. The van der Waals surface area contributed by atoms with Crippen LogP contribution in [0.3, 0.4) is 0 Å². The standard InChI is InChI=1S/C28H23Cl2N3O4/c1-16(2)27-20(26(32-37-27)25-21(29)7-4-8-22(25)30)14-36-19-9-10-24-23(12-19)31-15-33(24)13-17-5-3-6-18(11-17)28(34)35/h3-12,15-16H,13-14H2,1-2H3,(H,34,35). The fourth-order valence-corrected chi connectivity index (χ4v) is 4.83. The molecule has 2 aromatic heterocycles. The highest BCUT2D eigenvalue weighted by Gasteiger charge is 2.24. The molecule has 0 bridgehead atoms. The molecule has 0 atom stereocenters. The van der Waals surface area contributed by atoms with Gasteiger partial charge in [0, 0.05) is 24.1 Å². The predicted octanol–water partition coefficient (Wildman–Crippen LogP) is 7.45. The summed E-state index contributed by atoms with van der Waals surface area (Å²) in [5.41, 5.74) is 4.76. The molecule has 0 spiro atoms. The number of carbonyl (C=O) groups is 1. The summed E-state index contributed by atoms with van der Waals surface area (Å²) in [4.78, 5) is 15.8. The number of fused-ring (bicyclic) bond motifs is 1. The van der Waals surface area contributed by atoms with Crippen LogP contribution in [0.15, 0.2) is 71.5 Å². The largest absolute Gasteiger partial charge is 0.489 e. The van der Waals surface area contributed by atoms with Gasteiger partial charge in [-0.3, -0.25) is 0 Å². The van der Waals surface area contributed by atoms with Gasteiger partial charge in [-0.25, -0.2) is 9.78 Å². The molecule has 0 unspecified atom stereocenters. The van der Waals surface area contributed by atoms with Gasteiger partial charge in [0.2, 0.25) is 0 Å².